The number of ketones is 1. The van der Waals surface area contributed by atoms with E-state index in [1.54, 1.807) is 13.0 Å². The molecule has 0 radical (unpaired) electrons. The standard InChI is InChI=1S/C16H15NO/c1-4-13-8-14(5-6-16(13)12(3)18)15-7-11(2)9-17-10-15/h4-10H,1H2,2-3H3. The van der Waals surface area contributed by atoms with Crippen molar-refractivity contribution in [3.63, 3.8) is 0 Å². The number of rotatable bonds is 3. The topological polar surface area (TPSA) is 30.0 Å². The molecular weight excluding hydrogens is 222 g/mol. The van der Waals surface area contributed by atoms with Crippen molar-refractivity contribution in [2.24, 2.45) is 0 Å². The van der Waals surface area contributed by atoms with E-state index in [-0.39, 0.29) is 5.78 Å². The largest absolute Gasteiger partial charge is 0.294 e. The van der Waals surface area contributed by atoms with Gasteiger partial charge in [-0.25, -0.2) is 0 Å². The summed E-state index contributed by atoms with van der Waals surface area (Å²) >= 11 is 0. The summed E-state index contributed by atoms with van der Waals surface area (Å²) in [6.07, 6.45) is 5.36. The van der Waals surface area contributed by atoms with E-state index in [4.69, 9.17) is 0 Å². The number of aromatic nitrogens is 1. The van der Waals surface area contributed by atoms with Crippen LogP contribution in [0.15, 0.2) is 43.2 Å². The summed E-state index contributed by atoms with van der Waals surface area (Å²) in [5, 5.41) is 0. The molecule has 0 N–H and O–H groups in total. The monoisotopic (exact) mass is 237 g/mol. The first-order chi connectivity index (χ1) is 8.61. The average molecular weight is 237 g/mol. The lowest BCUT2D eigenvalue weighted by atomic mass is 9.98. The van der Waals surface area contributed by atoms with Gasteiger partial charge in [0.2, 0.25) is 0 Å². The fourth-order valence-corrected chi connectivity index (χ4v) is 1.94. The molecule has 90 valence electrons. The van der Waals surface area contributed by atoms with E-state index in [9.17, 15) is 4.79 Å². The number of hydrogen-bond acceptors (Lipinski definition) is 2. The van der Waals surface area contributed by atoms with Crippen molar-refractivity contribution in [1.29, 1.82) is 0 Å². The van der Waals surface area contributed by atoms with Gasteiger partial charge in [-0.05, 0) is 42.7 Å². The summed E-state index contributed by atoms with van der Waals surface area (Å²) in [7, 11) is 0. The van der Waals surface area contributed by atoms with E-state index >= 15 is 0 Å². The molecule has 2 heteroatoms. The molecule has 0 aliphatic carbocycles. The van der Waals surface area contributed by atoms with Gasteiger partial charge in [0.1, 0.15) is 0 Å². The molecule has 2 rings (SSSR count). The highest BCUT2D eigenvalue weighted by Gasteiger charge is 2.07. The van der Waals surface area contributed by atoms with Gasteiger partial charge in [0, 0.05) is 23.5 Å². The van der Waals surface area contributed by atoms with Crippen molar-refractivity contribution < 1.29 is 4.79 Å². The highest BCUT2D eigenvalue weighted by atomic mass is 16.1. The number of carbonyl (C=O) groups is 1. The van der Waals surface area contributed by atoms with E-state index < -0.39 is 0 Å². The number of pyridine rings is 1. The predicted octanol–water partition coefficient (Wildman–Crippen LogP) is 3.90. The maximum atomic E-state index is 11.5. The Morgan fingerprint density at radius 1 is 1.22 bits per heavy atom. The maximum Gasteiger partial charge on any atom is 0.160 e. The van der Waals surface area contributed by atoms with Gasteiger partial charge in [0.15, 0.2) is 5.78 Å². The number of nitrogens with zero attached hydrogens (tertiary/aromatic N) is 1. The summed E-state index contributed by atoms with van der Waals surface area (Å²) in [5.41, 5.74) is 4.78. The lowest BCUT2D eigenvalue weighted by Gasteiger charge is -2.07. The van der Waals surface area contributed by atoms with Crippen LogP contribution in [0.4, 0.5) is 0 Å². The molecule has 0 aliphatic rings. The summed E-state index contributed by atoms with van der Waals surface area (Å²) in [5.74, 6) is 0.0545. The van der Waals surface area contributed by atoms with Crippen molar-refractivity contribution in [1.82, 2.24) is 4.98 Å². The second-order valence-electron chi connectivity index (χ2n) is 4.31. The predicted molar refractivity (Wildman–Crippen MR) is 74.5 cm³/mol. The summed E-state index contributed by atoms with van der Waals surface area (Å²) in [4.78, 5) is 15.6. The first kappa shape index (κ1) is 12.2. The molecule has 2 nitrogen and oxygen atoms in total. The van der Waals surface area contributed by atoms with E-state index in [1.807, 2.05) is 37.5 Å². The van der Waals surface area contributed by atoms with Gasteiger partial charge >= 0.3 is 0 Å². The molecule has 1 heterocycles. The number of carbonyl (C=O) groups excluding carboxylic acids is 1. The van der Waals surface area contributed by atoms with Gasteiger partial charge in [-0.15, -0.1) is 0 Å². The molecule has 0 saturated heterocycles. The maximum absolute atomic E-state index is 11.5. The first-order valence-corrected chi connectivity index (χ1v) is 5.81. The van der Waals surface area contributed by atoms with Crippen molar-refractivity contribution in [3.05, 3.63) is 59.9 Å². The molecule has 0 aliphatic heterocycles. The number of aryl methyl sites for hydroxylation is 1. The quantitative estimate of drug-likeness (QED) is 0.758. The number of Topliss-reactive ketones (excluding diaryl/α,β-unsaturated/α-hetero) is 1. The molecule has 0 amide bonds. The molecule has 2 aromatic rings. The van der Waals surface area contributed by atoms with Crippen molar-refractivity contribution in [3.8, 4) is 11.1 Å². The SMILES string of the molecule is C=Cc1cc(-c2cncc(C)c2)ccc1C(C)=O. The van der Waals surface area contributed by atoms with Gasteiger partial charge in [0.25, 0.3) is 0 Å². The molecule has 1 aromatic heterocycles. The van der Waals surface area contributed by atoms with Gasteiger partial charge in [-0.3, -0.25) is 9.78 Å². The Morgan fingerprint density at radius 3 is 2.61 bits per heavy atom. The van der Waals surface area contributed by atoms with Crippen LogP contribution in [-0.2, 0) is 0 Å². The Bertz CT molecular complexity index is 614. The van der Waals surface area contributed by atoms with Crippen LogP contribution in [0.1, 0.15) is 28.4 Å². The fourth-order valence-electron chi connectivity index (χ4n) is 1.94. The Kier molecular flexibility index (Phi) is 3.38. The zero-order valence-electron chi connectivity index (χ0n) is 10.6. The van der Waals surface area contributed by atoms with Gasteiger partial charge < -0.3 is 0 Å². The molecule has 0 saturated carbocycles. The van der Waals surface area contributed by atoms with Crippen molar-refractivity contribution >= 4 is 11.9 Å². The van der Waals surface area contributed by atoms with Crippen molar-refractivity contribution in [2.45, 2.75) is 13.8 Å². The summed E-state index contributed by atoms with van der Waals surface area (Å²) in [6, 6.07) is 7.83. The zero-order chi connectivity index (χ0) is 13.1. The molecular formula is C16H15NO. The molecule has 1 aromatic carbocycles. The Labute approximate surface area is 107 Å². The Balaban J connectivity index is 2.54. The van der Waals surface area contributed by atoms with Crippen molar-refractivity contribution in [2.75, 3.05) is 0 Å². The second-order valence-corrected chi connectivity index (χ2v) is 4.31. The van der Waals surface area contributed by atoms with Gasteiger partial charge in [-0.2, -0.15) is 0 Å². The van der Waals surface area contributed by atoms with E-state index in [2.05, 4.69) is 17.6 Å². The van der Waals surface area contributed by atoms with Crippen LogP contribution in [0.5, 0.6) is 0 Å². The van der Waals surface area contributed by atoms with Crippen LogP contribution >= 0.6 is 0 Å². The summed E-state index contributed by atoms with van der Waals surface area (Å²) in [6.45, 7) is 7.33. The van der Waals surface area contributed by atoms with Gasteiger partial charge in [0.05, 0.1) is 0 Å². The van der Waals surface area contributed by atoms with Crippen LogP contribution in [-0.4, -0.2) is 10.8 Å². The average Bonchev–Trinajstić information content (AvgIpc) is 2.37. The number of benzene rings is 1. The number of hydrogen-bond donors (Lipinski definition) is 0. The van der Waals surface area contributed by atoms with Crippen LogP contribution < -0.4 is 0 Å². The molecule has 0 bridgehead atoms. The molecule has 18 heavy (non-hydrogen) atoms. The second kappa shape index (κ2) is 4.96. The van der Waals surface area contributed by atoms with Crippen LogP contribution in [0.2, 0.25) is 0 Å². The lowest BCUT2D eigenvalue weighted by Crippen LogP contribution is -1.96. The minimum Gasteiger partial charge on any atom is -0.294 e. The van der Waals surface area contributed by atoms with E-state index in [0.717, 1.165) is 22.3 Å². The highest BCUT2D eigenvalue weighted by Crippen LogP contribution is 2.23. The Morgan fingerprint density at radius 2 is 2.00 bits per heavy atom. The first-order valence-electron chi connectivity index (χ1n) is 5.81. The lowest BCUT2D eigenvalue weighted by molar-refractivity contribution is 0.101. The zero-order valence-corrected chi connectivity index (χ0v) is 10.6. The van der Waals surface area contributed by atoms with Gasteiger partial charge in [-0.1, -0.05) is 24.8 Å². The smallest absolute Gasteiger partial charge is 0.160 e. The third-order valence-corrected chi connectivity index (χ3v) is 2.86. The third-order valence-electron chi connectivity index (χ3n) is 2.86. The van der Waals surface area contributed by atoms with Crippen LogP contribution in [0, 0.1) is 6.92 Å². The minimum absolute atomic E-state index is 0.0545. The molecule has 0 fully saturated rings. The Hall–Kier alpha value is -2.22. The van der Waals surface area contributed by atoms with Crippen LogP contribution in [0.3, 0.4) is 0 Å². The molecule has 0 spiro atoms. The van der Waals surface area contributed by atoms with E-state index in [1.165, 1.54) is 0 Å². The van der Waals surface area contributed by atoms with Crippen LogP contribution in [0.25, 0.3) is 17.2 Å². The third kappa shape index (κ3) is 2.38. The normalized spacial score (nSPS) is 10.1. The van der Waals surface area contributed by atoms with E-state index in [0.29, 0.717) is 5.56 Å². The fraction of sp³-hybridized carbons (Fsp3) is 0.125. The molecule has 0 unspecified atom stereocenters. The minimum atomic E-state index is 0.0545. The summed E-state index contributed by atoms with van der Waals surface area (Å²) < 4.78 is 0. The molecule has 0 atom stereocenters. The highest BCUT2D eigenvalue weighted by molar-refractivity contribution is 5.98.